The number of carboxylic acids is 1. The molecule has 0 aliphatic carbocycles. The Bertz CT molecular complexity index is 400. The topological polar surface area (TPSA) is 65.5 Å². The Hall–Kier alpha value is -1.62. The van der Waals surface area contributed by atoms with Gasteiger partial charge in [-0.15, -0.1) is 0 Å². The third-order valence-electron chi connectivity index (χ3n) is 2.88. The van der Waals surface area contributed by atoms with E-state index in [-0.39, 0.29) is 5.56 Å². The van der Waals surface area contributed by atoms with Crippen LogP contribution in [0.1, 0.15) is 15.9 Å². The molecule has 86 valence electrons. The van der Waals surface area contributed by atoms with Gasteiger partial charge in [0.15, 0.2) is 0 Å². The second-order valence-electron chi connectivity index (χ2n) is 3.87. The Kier molecular flexibility index (Phi) is 3.05. The zero-order valence-electron chi connectivity index (χ0n) is 9.23. The monoisotopic (exact) mass is 221 g/mol. The van der Waals surface area contributed by atoms with Gasteiger partial charge in [-0.1, -0.05) is 0 Å². The van der Waals surface area contributed by atoms with Crippen molar-refractivity contribution in [2.24, 2.45) is 0 Å². The summed E-state index contributed by atoms with van der Waals surface area (Å²) < 4.78 is 0. The van der Waals surface area contributed by atoms with E-state index in [1.165, 1.54) is 6.20 Å². The van der Waals surface area contributed by atoms with Gasteiger partial charge in [0.05, 0.1) is 17.4 Å². The van der Waals surface area contributed by atoms with Crippen molar-refractivity contribution in [2.45, 2.75) is 6.92 Å². The molecule has 0 saturated carbocycles. The van der Waals surface area contributed by atoms with Crippen LogP contribution in [0.2, 0.25) is 0 Å². The van der Waals surface area contributed by atoms with Crippen LogP contribution < -0.4 is 10.2 Å². The number of nitrogens with one attached hydrogen (secondary N) is 1. The van der Waals surface area contributed by atoms with Crippen molar-refractivity contribution in [3.05, 3.63) is 23.5 Å². The number of nitrogens with zero attached hydrogens (tertiary/aromatic N) is 2. The van der Waals surface area contributed by atoms with Crippen LogP contribution in [-0.4, -0.2) is 42.2 Å². The molecular formula is C11H15N3O2. The second kappa shape index (κ2) is 4.49. The lowest BCUT2D eigenvalue weighted by Gasteiger charge is -2.30. The van der Waals surface area contributed by atoms with Gasteiger partial charge in [-0.25, -0.2) is 4.79 Å². The van der Waals surface area contributed by atoms with Gasteiger partial charge in [-0.3, -0.25) is 4.98 Å². The lowest BCUT2D eigenvalue weighted by Crippen LogP contribution is -2.44. The molecule has 0 bridgehead atoms. The molecule has 1 fully saturated rings. The normalized spacial score (nSPS) is 16.2. The van der Waals surface area contributed by atoms with E-state index in [0.29, 0.717) is 0 Å². The number of rotatable bonds is 2. The minimum absolute atomic E-state index is 0.288. The van der Waals surface area contributed by atoms with Crippen LogP contribution in [0.4, 0.5) is 5.69 Å². The zero-order valence-corrected chi connectivity index (χ0v) is 9.23. The van der Waals surface area contributed by atoms with E-state index in [2.05, 4.69) is 15.2 Å². The predicted octanol–water partition coefficient (Wildman–Crippen LogP) is 0.498. The molecule has 1 aliphatic rings. The largest absolute Gasteiger partial charge is 0.478 e. The smallest absolute Gasteiger partial charge is 0.337 e. The van der Waals surface area contributed by atoms with E-state index in [1.807, 2.05) is 6.92 Å². The number of aromatic carboxylic acids is 1. The van der Waals surface area contributed by atoms with Crippen LogP contribution in [0.25, 0.3) is 0 Å². The highest BCUT2D eigenvalue weighted by Gasteiger charge is 2.17. The van der Waals surface area contributed by atoms with Crippen molar-refractivity contribution in [1.82, 2.24) is 10.3 Å². The molecule has 16 heavy (non-hydrogen) atoms. The highest BCUT2D eigenvalue weighted by molar-refractivity contribution is 5.90. The second-order valence-corrected chi connectivity index (χ2v) is 3.87. The fourth-order valence-corrected chi connectivity index (χ4v) is 1.95. The molecule has 1 aromatic rings. The Labute approximate surface area is 94.1 Å². The molecule has 0 radical (unpaired) electrons. The molecule has 0 amide bonds. The number of piperazine rings is 1. The van der Waals surface area contributed by atoms with Crippen LogP contribution in [0.15, 0.2) is 12.4 Å². The summed E-state index contributed by atoms with van der Waals surface area (Å²) in [7, 11) is 0. The minimum atomic E-state index is -0.915. The van der Waals surface area contributed by atoms with Gasteiger partial charge < -0.3 is 15.3 Å². The third-order valence-corrected chi connectivity index (χ3v) is 2.88. The lowest BCUT2D eigenvalue weighted by molar-refractivity contribution is 0.0695. The first-order valence-corrected chi connectivity index (χ1v) is 5.33. The average molecular weight is 221 g/mol. The van der Waals surface area contributed by atoms with Crippen molar-refractivity contribution in [2.75, 3.05) is 31.1 Å². The number of carboxylic acid groups (broad SMARTS) is 1. The molecule has 0 atom stereocenters. The number of hydrogen-bond donors (Lipinski definition) is 2. The van der Waals surface area contributed by atoms with Gasteiger partial charge >= 0.3 is 5.97 Å². The SMILES string of the molecule is Cc1c(C(=O)O)cncc1N1CCNCC1. The van der Waals surface area contributed by atoms with Crippen molar-refractivity contribution in [3.63, 3.8) is 0 Å². The molecule has 5 heteroatoms. The molecule has 0 aromatic carbocycles. The molecule has 1 aromatic heterocycles. The standard InChI is InChI=1S/C11H15N3O2/c1-8-9(11(15)16)6-13-7-10(8)14-4-2-12-3-5-14/h6-7,12H,2-5H2,1H3,(H,15,16). The summed E-state index contributed by atoms with van der Waals surface area (Å²) in [6.45, 7) is 5.48. The Balaban J connectivity index is 2.33. The number of aromatic nitrogens is 1. The number of hydrogen-bond acceptors (Lipinski definition) is 4. The summed E-state index contributed by atoms with van der Waals surface area (Å²) >= 11 is 0. The molecule has 2 heterocycles. The predicted molar refractivity (Wildman–Crippen MR) is 61.0 cm³/mol. The summed E-state index contributed by atoms with van der Waals surface area (Å²) in [5, 5.41) is 12.3. The maximum atomic E-state index is 11.0. The Morgan fingerprint density at radius 2 is 2.12 bits per heavy atom. The highest BCUT2D eigenvalue weighted by Crippen LogP contribution is 2.22. The van der Waals surface area contributed by atoms with Gasteiger partial charge in [0.2, 0.25) is 0 Å². The van der Waals surface area contributed by atoms with Crippen LogP contribution in [0.3, 0.4) is 0 Å². The van der Waals surface area contributed by atoms with Gasteiger partial charge in [-0.2, -0.15) is 0 Å². The first-order chi connectivity index (χ1) is 7.70. The first-order valence-electron chi connectivity index (χ1n) is 5.33. The quantitative estimate of drug-likeness (QED) is 0.761. The molecule has 0 spiro atoms. The van der Waals surface area contributed by atoms with E-state index in [9.17, 15) is 4.79 Å². The van der Waals surface area contributed by atoms with Gasteiger partial charge in [-0.05, 0) is 12.5 Å². The van der Waals surface area contributed by atoms with Crippen LogP contribution >= 0.6 is 0 Å². The fourth-order valence-electron chi connectivity index (χ4n) is 1.95. The van der Waals surface area contributed by atoms with Gasteiger partial charge in [0.1, 0.15) is 0 Å². The Morgan fingerprint density at radius 1 is 1.44 bits per heavy atom. The van der Waals surface area contributed by atoms with Crippen molar-refractivity contribution in [1.29, 1.82) is 0 Å². The van der Waals surface area contributed by atoms with E-state index in [4.69, 9.17) is 5.11 Å². The summed E-state index contributed by atoms with van der Waals surface area (Å²) in [5.41, 5.74) is 2.02. The van der Waals surface area contributed by atoms with Crippen molar-refractivity contribution in [3.8, 4) is 0 Å². The molecule has 5 nitrogen and oxygen atoms in total. The number of anilines is 1. The van der Waals surface area contributed by atoms with Crippen molar-refractivity contribution >= 4 is 11.7 Å². The molecule has 2 N–H and O–H groups in total. The summed E-state index contributed by atoms with van der Waals surface area (Å²) in [6, 6.07) is 0. The molecule has 0 unspecified atom stereocenters. The Morgan fingerprint density at radius 3 is 2.75 bits per heavy atom. The van der Waals surface area contributed by atoms with E-state index in [0.717, 1.165) is 37.4 Å². The van der Waals surface area contributed by atoms with Crippen LogP contribution in [0.5, 0.6) is 0 Å². The summed E-state index contributed by atoms with van der Waals surface area (Å²) in [5.74, 6) is -0.915. The summed E-state index contributed by atoms with van der Waals surface area (Å²) in [6.07, 6.45) is 3.15. The maximum absolute atomic E-state index is 11.0. The zero-order chi connectivity index (χ0) is 11.5. The lowest BCUT2D eigenvalue weighted by atomic mass is 10.1. The average Bonchev–Trinajstić information content (AvgIpc) is 2.30. The maximum Gasteiger partial charge on any atom is 0.337 e. The number of carbonyl (C=O) groups is 1. The van der Waals surface area contributed by atoms with Gasteiger partial charge in [0.25, 0.3) is 0 Å². The minimum Gasteiger partial charge on any atom is -0.478 e. The third kappa shape index (κ3) is 1.99. The molecule has 1 aliphatic heterocycles. The van der Waals surface area contributed by atoms with E-state index >= 15 is 0 Å². The first kappa shape index (κ1) is 10.9. The van der Waals surface area contributed by atoms with Crippen LogP contribution in [-0.2, 0) is 0 Å². The van der Waals surface area contributed by atoms with E-state index < -0.39 is 5.97 Å². The molecule has 2 rings (SSSR count). The highest BCUT2D eigenvalue weighted by atomic mass is 16.4. The molecule has 1 saturated heterocycles. The number of pyridine rings is 1. The van der Waals surface area contributed by atoms with E-state index in [1.54, 1.807) is 6.20 Å². The molecular weight excluding hydrogens is 206 g/mol. The summed E-state index contributed by atoms with van der Waals surface area (Å²) in [4.78, 5) is 17.2. The van der Waals surface area contributed by atoms with Crippen molar-refractivity contribution < 1.29 is 9.90 Å². The fraction of sp³-hybridized carbons (Fsp3) is 0.455. The van der Waals surface area contributed by atoms with Crippen LogP contribution in [0, 0.1) is 6.92 Å². The van der Waals surface area contributed by atoms with Gasteiger partial charge in [0, 0.05) is 32.4 Å².